The van der Waals surface area contributed by atoms with Crippen molar-refractivity contribution < 1.29 is 0 Å². The molecule has 0 saturated heterocycles. The van der Waals surface area contributed by atoms with E-state index in [4.69, 9.17) is 11.6 Å². The molecule has 0 spiro atoms. The number of H-pyrrole nitrogens is 1. The molecule has 3 nitrogen and oxygen atoms in total. The van der Waals surface area contributed by atoms with E-state index in [1.807, 2.05) is 30.3 Å². The highest BCUT2D eigenvalue weighted by atomic mass is 79.9. The van der Waals surface area contributed by atoms with Crippen molar-refractivity contribution in [2.45, 2.75) is 9.79 Å². The van der Waals surface area contributed by atoms with E-state index in [2.05, 4.69) is 26.2 Å². The van der Waals surface area contributed by atoms with Crippen LogP contribution in [0.15, 0.2) is 67.7 Å². The zero-order valence-electron chi connectivity index (χ0n) is 11.7. The number of aromatic nitrogens is 1. The van der Waals surface area contributed by atoms with Crippen molar-refractivity contribution in [2.75, 3.05) is 5.32 Å². The maximum Gasteiger partial charge on any atom is 0.258 e. The molecular formula is C17H10BrClN2OS. The van der Waals surface area contributed by atoms with E-state index in [1.54, 1.807) is 30.1 Å². The van der Waals surface area contributed by atoms with Crippen LogP contribution < -0.4 is 10.9 Å². The molecule has 114 valence electrons. The average molecular weight is 406 g/mol. The summed E-state index contributed by atoms with van der Waals surface area (Å²) in [5.41, 5.74) is 3.14. The molecule has 3 aromatic rings. The molecule has 0 fully saturated rings. The second-order valence-corrected chi connectivity index (χ2v) is 7.54. The van der Waals surface area contributed by atoms with Crippen molar-refractivity contribution in [3.05, 3.63) is 68.5 Å². The first kappa shape index (κ1) is 14.9. The van der Waals surface area contributed by atoms with Gasteiger partial charge >= 0.3 is 0 Å². The van der Waals surface area contributed by atoms with Crippen molar-refractivity contribution in [3.63, 3.8) is 0 Å². The topological polar surface area (TPSA) is 44.9 Å². The second kappa shape index (κ2) is 5.74. The van der Waals surface area contributed by atoms with Crippen LogP contribution in [0.5, 0.6) is 0 Å². The lowest BCUT2D eigenvalue weighted by atomic mass is 10.1. The molecular weight excluding hydrogens is 396 g/mol. The first-order chi connectivity index (χ1) is 11.1. The predicted molar refractivity (Wildman–Crippen MR) is 99.1 cm³/mol. The predicted octanol–water partition coefficient (Wildman–Crippen LogP) is 5.67. The molecule has 0 atom stereocenters. The molecule has 0 radical (unpaired) electrons. The van der Waals surface area contributed by atoms with E-state index in [9.17, 15) is 4.79 Å². The summed E-state index contributed by atoms with van der Waals surface area (Å²) in [6.45, 7) is 0. The Morgan fingerprint density at radius 2 is 1.83 bits per heavy atom. The van der Waals surface area contributed by atoms with E-state index in [0.29, 0.717) is 10.6 Å². The van der Waals surface area contributed by atoms with Gasteiger partial charge < -0.3 is 10.3 Å². The van der Waals surface area contributed by atoms with Gasteiger partial charge in [0.25, 0.3) is 5.56 Å². The largest absolute Gasteiger partial charge is 0.353 e. The second-order valence-electron chi connectivity index (χ2n) is 5.11. The third-order valence-corrected chi connectivity index (χ3v) is 5.47. The fourth-order valence-electron chi connectivity index (χ4n) is 2.55. The first-order valence-corrected chi connectivity index (χ1v) is 8.86. The Morgan fingerprint density at radius 1 is 1.04 bits per heavy atom. The van der Waals surface area contributed by atoms with Gasteiger partial charge in [0.2, 0.25) is 0 Å². The molecule has 0 bridgehead atoms. The van der Waals surface area contributed by atoms with Crippen LogP contribution in [0, 0.1) is 0 Å². The minimum absolute atomic E-state index is 0.127. The summed E-state index contributed by atoms with van der Waals surface area (Å²) in [7, 11) is 0. The number of rotatable bonds is 1. The van der Waals surface area contributed by atoms with Crippen molar-refractivity contribution in [3.8, 4) is 11.1 Å². The van der Waals surface area contributed by atoms with Gasteiger partial charge in [-0.05, 0) is 35.9 Å². The van der Waals surface area contributed by atoms with Crippen LogP contribution >= 0.6 is 39.3 Å². The Hall–Kier alpha value is -1.69. The lowest BCUT2D eigenvalue weighted by Crippen LogP contribution is -2.14. The van der Waals surface area contributed by atoms with Gasteiger partial charge in [0, 0.05) is 20.6 Å². The van der Waals surface area contributed by atoms with E-state index < -0.39 is 0 Å². The van der Waals surface area contributed by atoms with Crippen LogP contribution in [-0.2, 0) is 0 Å². The highest BCUT2D eigenvalue weighted by Crippen LogP contribution is 2.47. The van der Waals surface area contributed by atoms with Gasteiger partial charge in [0.05, 0.1) is 21.8 Å². The molecule has 2 aromatic carbocycles. The summed E-state index contributed by atoms with van der Waals surface area (Å²) in [5.74, 6) is 0. The molecule has 0 aliphatic carbocycles. The number of benzene rings is 2. The smallest absolute Gasteiger partial charge is 0.258 e. The summed E-state index contributed by atoms with van der Waals surface area (Å²) in [6.07, 6.45) is 1.75. The molecule has 0 amide bonds. The van der Waals surface area contributed by atoms with Gasteiger partial charge in [-0.1, -0.05) is 51.4 Å². The number of hydrogen-bond acceptors (Lipinski definition) is 3. The monoisotopic (exact) mass is 404 g/mol. The van der Waals surface area contributed by atoms with E-state index in [-0.39, 0.29) is 5.56 Å². The molecule has 2 N–H and O–H groups in total. The third-order valence-electron chi connectivity index (χ3n) is 3.61. The van der Waals surface area contributed by atoms with Crippen LogP contribution in [0.25, 0.3) is 11.1 Å². The highest BCUT2D eigenvalue weighted by molar-refractivity contribution is 9.10. The number of pyridine rings is 1. The molecule has 6 heteroatoms. The minimum atomic E-state index is -0.127. The van der Waals surface area contributed by atoms with Crippen molar-refractivity contribution in [2.24, 2.45) is 0 Å². The summed E-state index contributed by atoms with van der Waals surface area (Å²) in [5, 5.41) is 4.05. The molecule has 0 saturated carbocycles. The summed E-state index contributed by atoms with van der Waals surface area (Å²) in [4.78, 5) is 17.3. The average Bonchev–Trinajstić information content (AvgIpc) is 2.54. The summed E-state index contributed by atoms with van der Waals surface area (Å²) >= 11 is 11.1. The van der Waals surface area contributed by atoms with Gasteiger partial charge in [0.15, 0.2) is 0 Å². The number of fused-ring (bicyclic) bond motifs is 2. The fourth-order valence-corrected chi connectivity index (χ4v) is 4.00. The van der Waals surface area contributed by atoms with E-state index in [0.717, 1.165) is 31.2 Å². The molecule has 4 rings (SSSR count). The quantitative estimate of drug-likeness (QED) is 0.429. The van der Waals surface area contributed by atoms with Gasteiger partial charge in [0.1, 0.15) is 0 Å². The zero-order chi connectivity index (χ0) is 16.0. The molecule has 1 aromatic heterocycles. The number of anilines is 2. The maximum absolute atomic E-state index is 12.4. The van der Waals surface area contributed by atoms with Crippen LogP contribution in [0.1, 0.15) is 0 Å². The van der Waals surface area contributed by atoms with Crippen LogP contribution in [0.2, 0.25) is 5.02 Å². The number of aromatic amines is 1. The first-order valence-electron chi connectivity index (χ1n) is 6.88. The Balaban J connectivity index is 1.90. The van der Waals surface area contributed by atoms with Gasteiger partial charge in [-0.25, -0.2) is 0 Å². The summed E-state index contributed by atoms with van der Waals surface area (Å²) < 4.78 is 0.991. The van der Waals surface area contributed by atoms with Crippen molar-refractivity contribution in [1.82, 2.24) is 4.98 Å². The van der Waals surface area contributed by atoms with Crippen molar-refractivity contribution >= 4 is 50.7 Å². The molecule has 23 heavy (non-hydrogen) atoms. The van der Waals surface area contributed by atoms with Crippen LogP contribution in [0.3, 0.4) is 0 Å². The molecule has 1 aliphatic heterocycles. The lowest BCUT2D eigenvalue weighted by molar-refractivity contribution is 1.16. The van der Waals surface area contributed by atoms with E-state index in [1.165, 1.54) is 0 Å². The lowest BCUT2D eigenvalue weighted by Gasteiger charge is -2.23. The maximum atomic E-state index is 12.4. The summed E-state index contributed by atoms with van der Waals surface area (Å²) in [6, 6.07) is 13.4. The highest BCUT2D eigenvalue weighted by Gasteiger charge is 2.21. The Labute approximate surface area is 150 Å². The fraction of sp³-hybridized carbons (Fsp3) is 0. The zero-order valence-corrected chi connectivity index (χ0v) is 14.8. The van der Waals surface area contributed by atoms with Gasteiger partial charge in [-0.2, -0.15) is 0 Å². The van der Waals surface area contributed by atoms with Crippen molar-refractivity contribution in [1.29, 1.82) is 0 Å². The number of hydrogen-bond donors (Lipinski definition) is 2. The Morgan fingerprint density at radius 3 is 2.61 bits per heavy atom. The molecule has 0 unspecified atom stereocenters. The Kier molecular flexibility index (Phi) is 3.71. The van der Waals surface area contributed by atoms with Gasteiger partial charge in [-0.3, -0.25) is 4.79 Å². The number of nitrogens with one attached hydrogen (secondary N) is 2. The van der Waals surface area contributed by atoms with Gasteiger partial charge in [-0.15, -0.1) is 0 Å². The van der Waals surface area contributed by atoms with E-state index >= 15 is 0 Å². The number of halogens is 2. The standard InChI is InChI=1S/C17H10BrClN2OS/c18-10-3-6-13-12(7-10)21-16-14(23-13)8-20-17(22)15(16)9-1-4-11(19)5-2-9/h1-8,21H,(H,20,22). The third kappa shape index (κ3) is 2.69. The Bertz CT molecular complexity index is 969. The minimum Gasteiger partial charge on any atom is -0.353 e. The normalized spacial score (nSPS) is 12.3. The van der Waals surface area contributed by atoms with Crippen LogP contribution in [-0.4, -0.2) is 4.98 Å². The molecule has 1 aliphatic rings. The SMILES string of the molecule is O=c1[nH]cc2c(c1-c1ccc(Cl)cc1)Nc1cc(Br)ccc1S2. The molecule has 2 heterocycles. The van der Waals surface area contributed by atoms with Crippen LogP contribution in [0.4, 0.5) is 11.4 Å².